The van der Waals surface area contributed by atoms with Crippen LogP contribution >= 0.6 is 11.6 Å². The van der Waals surface area contributed by atoms with Gasteiger partial charge in [-0.3, -0.25) is 4.68 Å². The molecule has 5 heteroatoms. The first-order valence-corrected chi connectivity index (χ1v) is 6.65. The number of ether oxygens (including phenoxy) is 1. The Morgan fingerprint density at radius 2 is 2.47 bits per heavy atom. The van der Waals surface area contributed by atoms with Gasteiger partial charge in [-0.05, 0) is 33.2 Å². The Morgan fingerprint density at radius 3 is 3.06 bits per heavy atom. The van der Waals surface area contributed by atoms with Crippen molar-refractivity contribution in [2.24, 2.45) is 0 Å². The zero-order chi connectivity index (χ0) is 12.3. The van der Waals surface area contributed by atoms with E-state index in [0.29, 0.717) is 0 Å². The maximum Gasteiger partial charge on any atom is 0.0835 e. The molecule has 2 unspecified atom stereocenters. The third-order valence-electron chi connectivity index (χ3n) is 3.33. The van der Waals surface area contributed by atoms with Gasteiger partial charge in [0.05, 0.1) is 29.1 Å². The minimum absolute atomic E-state index is 0.130. The highest BCUT2D eigenvalue weighted by atomic mass is 35.5. The van der Waals surface area contributed by atoms with E-state index in [1.807, 2.05) is 11.7 Å². The quantitative estimate of drug-likeness (QED) is 0.900. The minimum atomic E-state index is 0.130. The number of aromatic nitrogens is 2. The predicted molar refractivity (Wildman–Crippen MR) is 68.3 cm³/mol. The van der Waals surface area contributed by atoms with E-state index in [2.05, 4.69) is 17.3 Å². The van der Waals surface area contributed by atoms with Crippen molar-refractivity contribution >= 4 is 11.6 Å². The van der Waals surface area contributed by atoms with Gasteiger partial charge in [0.15, 0.2) is 0 Å². The van der Waals surface area contributed by atoms with E-state index >= 15 is 0 Å². The number of hydrogen-bond acceptors (Lipinski definition) is 3. The number of hydrogen-bond donors (Lipinski definition) is 1. The van der Waals surface area contributed by atoms with Gasteiger partial charge in [0.2, 0.25) is 0 Å². The minimum Gasteiger partial charge on any atom is -0.376 e. The van der Waals surface area contributed by atoms with Crippen LogP contribution in [0.5, 0.6) is 0 Å². The van der Waals surface area contributed by atoms with Crippen molar-refractivity contribution in [2.45, 2.75) is 44.9 Å². The molecule has 2 atom stereocenters. The molecule has 0 aliphatic carbocycles. The Kier molecular flexibility index (Phi) is 4.42. The lowest BCUT2D eigenvalue weighted by atomic mass is 9.99. The largest absolute Gasteiger partial charge is 0.376 e. The van der Waals surface area contributed by atoms with Crippen molar-refractivity contribution in [2.75, 3.05) is 13.7 Å². The topological polar surface area (TPSA) is 39.1 Å². The fourth-order valence-corrected chi connectivity index (χ4v) is 2.72. The summed E-state index contributed by atoms with van der Waals surface area (Å²) in [7, 11) is 1.95. The molecule has 0 bridgehead atoms. The molecule has 0 radical (unpaired) electrons. The molecule has 0 aromatic carbocycles. The molecule has 2 rings (SSSR count). The van der Waals surface area contributed by atoms with Crippen LogP contribution in [0.15, 0.2) is 6.20 Å². The standard InChI is InChI=1S/C12H20ClN3O/c1-3-16-12(9(13)8-15-16)11(14-2)10-6-4-5-7-17-10/h8,10-11,14H,3-7H2,1-2H3. The van der Waals surface area contributed by atoms with E-state index in [0.717, 1.165) is 36.7 Å². The summed E-state index contributed by atoms with van der Waals surface area (Å²) < 4.78 is 7.79. The van der Waals surface area contributed by atoms with Crippen LogP contribution in [0, 0.1) is 0 Å². The SMILES string of the molecule is CCn1ncc(Cl)c1C(NC)C1CCCCO1. The van der Waals surface area contributed by atoms with Gasteiger partial charge in [0.1, 0.15) is 0 Å². The lowest BCUT2D eigenvalue weighted by Gasteiger charge is -2.30. The van der Waals surface area contributed by atoms with Crippen LogP contribution in [0.2, 0.25) is 5.02 Å². The van der Waals surface area contributed by atoms with E-state index in [1.165, 1.54) is 6.42 Å². The number of likely N-dealkylation sites (N-methyl/N-ethyl adjacent to an activating group) is 1. The fraction of sp³-hybridized carbons (Fsp3) is 0.750. The summed E-state index contributed by atoms with van der Waals surface area (Å²) in [6.07, 6.45) is 5.38. The molecule has 0 saturated carbocycles. The van der Waals surface area contributed by atoms with E-state index < -0.39 is 0 Å². The Bertz CT molecular complexity index is 361. The van der Waals surface area contributed by atoms with Gasteiger partial charge in [0.25, 0.3) is 0 Å². The third kappa shape index (κ3) is 2.64. The van der Waals surface area contributed by atoms with E-state index in [4.69, 9.17) is 16.3 Å². The molecule has 2 heterocycles. The average Bonchev–Trinajstić information content (AvgIpc) is 2.74. The first-order chi connectivity index (χ1) is 8.27. The summed E-state index contributed by atoms with van der Waals surface area (Å²) in [6.45, 7) is 3.74. The molecule has 96 valence electrons. The molecule has 0 spiro atoms. The summed E-state index contributed by atoms with van der Waals surface area (Å²) in [5.74, 6) is 0. The zero-order valence-corrected chi connectivity index (χ0v) is 11.2. The highest BCUT2D eigenvalue weighted by Gasteiger charge is 2.29. The van der Waals surface area contributed by atoms with Crippen LogP contribution in [0.3, 0.4) is 0 Å². The molecule has 1 aliphatic rings. The summed E-state index contributed by atoms with van der Waals surface area (Å²) >= 11 is 6.24. The molecule has 1 fully saturated rings. The van der Waals surface area contributed by atoms with Crippen LogP contribution in [0.4, 0.5) is 0 Å². The normalized spacial score (nSPS) is 22.6. The summed E-state index contributed by atoms with van der Waals surface area (Å²) in [5, 5.41) is 8.33. The molecule has 1 aromatic heterocycles. The Labute approximate surface area is 107 Å². The smallest absolute Gasteiger partial charge is 0.0835 e. The predicted octanol–water partition coefficient (Wildman–Crippen LogP) is 2.39. The van der Waals surface area contributed by atoms with Crippen LogP contribution < -0.4 is 5.32 Å². The van der Waals surface area contributed by atoms with Crippen LogP contribution in [0.25, 0.3) is 0 Å². The molecular formula is C12H20ClN3O. The number of rotatable bonds is 4. The molecule has 1 aromatic rings. The maximum atomic E-state index is 6.24. The van der Waals surface area contributed by atoms with E-state index in [-0.39, 0.29) is 12.1 Å². The summed E-state index contributed by atoms with van der Waals surface area (Å²) in [6, 6.07) is 0.130. The highest BCUT2D eigenvalue weighted by molar-refractivity contribution is 6.31. The van der Waals surface area contributed by atoms with Crippen LogP contribution in [0.1, 0.15) is 37.9 Å². The number of nitrogens with one attached hydrogen (secondary N) is 1. The molecule has 1 aliphatic heterocycles. The molecule has 0 amide bonds. The number of nitrogens with zero attached hydrogens (tertiary/aromatic N) is 2. The zero-order valence-electron chi connectivity index (χ0n) is 10.4. The second kappa shape index (κ2) is 5.85. The molecule has 4 nitrogen and oxygen atoms in total. The molecule has 1 N–H and O–H groups in total. The van der Waals surface area contributed by atoms with Gasteiger partial charge in [-0.25, -0.2) is 0 Å². The van der Waals surface area contributed by atoms with Gasteiger partial charge in [0, 0.05) is 13.2 Å². The summed E-state index contributed by atoms with van der Waals surface area (Å²) in [4.78, 5) is 0. The summed E-state index contributed by atoms with van der Waals surface area (Å²) in [5.41, 5.74) is 1.04. The van der Waals surface area contributed by atoms with Crippen molar-refractivity contribution < 1.29 is 4.74 Å². The van der Waals surface area contributed by atoms with Crippen molar-refractivity contribution in [1.29, 1.82) is 0 Å². The van der Waals surface area contributed by atoms with Gasteiger partial charge < -0.3 is 10.1 Å². The highest BCUT2D eigenvalue weighted by Crippen LogP contribution is 2.30. The van der Waals surface area contributed by atoms with Crippen molar-refractivity contribution in [3.05, 3.63) is 16.9 Å². The van der Waals surface area contributed by atoms with Crippen molar-refractivity contribution in [3.63, 3.8) is 0 Å². The Morgan fingerprint density at radius 1 is 1.65 bits per heavy atom. The number of halogens is 1. The number of aryl methyl sites for hydroxylation is 1. The lowest BCUT2D eigenvalue weighted by Crippen LogP contribution is -2.35. The second-order valence-electron chi connectivity index (χ2n) is 4.36. The Balaban J connectivity index is 2.23. The van der Waals surface area contributed by atoms with Crippen molar-refractivity contribution in [3.8, 4) is 0 Å². The van der Waals surface area contributed by atoms with Gasteiger partial charge in [-0.15, -0.1) is 0 Å². The van der Waals surface area contributed by atoms with Gasteiger partial charge in [-0.2, -0.15) is 5.10 Å². The van der Waals surface area contributed by atoms with Gasteiger partial charge >= 0.3 is 0 Å². The molecule has 1 saturated heterocycles. The van der Waals surface area contributed by atoms with Crippen LogP contribution in [-0.2, 0) is 11.3 Å². The molecular weight excluding hydrogens is 238 g/mol. The fourth-order valence-electron chi connectivity index (χ4n) is 2.46. The van der Waals surface area contributed by atoms with E-state index in [9.17, 15) is 0 Å². The van der Waals surface area contributed by atoms with Crippen molar-refractivity contribution in [1.82, 2.24) is 15.1 Å². The van der Waals surface area contributed by atoms with E-state index in [1.54, 1.807) is 6.20 Å². The Hall–Kier alpha value is -0.580. The lowest BCUT2D eigenvalue weighted by molar-refractivity contribution is -0.00835. The second-order valence-corrected chi connectivity index (χ2v) is 4.77. The average molecular weight is 258 g/mol. The maximum absolute atomic E-state index is 6.24. The first kappa shape index (κ1) is 12.9. The molecule has 17 heavy (non-hydrogen) atoms. The monoisotopic (exact) mass is 257 g/mol. The van der Waals surface area contributed by atoms with Gasteiger partial charge in [-0.1, -0.05) is 11.6 Å². The third-order valence-corrected chi connectivity index (χ3v) is 3.62. The van der Waals surface area contributed by atoms with Crippen LogP contribution in [-0.4, -0.2) is 29.5 Å². The first-order valence-electron chi connectivity index (χ1n) is 6.28.